The van der Waals surface area contributed by atoms with Gasteiger partial charge in [0.25, 0.3) is 0 Å². The van der Waals surface area contributed by atoms with Crippen molar-refractivity contribution in [2.75, 3.05) is 26.8 Å². The molecule has 0 saturated carbocycles. The van der Waals surface area contributed by atoms with Crippen molar-refractivity contribution in [2.45, 2.75) is 0 Å². The molecule has 3 heteroatoms. The quantitative estimate of drug-likeness (QED) is 0.417. The summed E-state index contributed by atoms with van der Waals surface area (Å²) >= 11 is 0. The molecule has 0 atom stereocenters. The molecule has 3 nitrogen and oxygen atoms in total. The van der Waals surface area contributed by atoms with Gasteiger partial charge in [0.2, 0.25) is 0 Å². The van der Waals surface area contributed by atoms with Crippen LogP contribution in [-0.4, -0.2) is 33.0 Å². The Labute approximate surface area is 61.6 Å². The van der Waals surface area contributed by atoms with E-state index in [1.54, 1.807) is 6.08 Å². The fourth-order valence-corrected chi connectivity index (χ4v) is 0.449. The van der Waals surface area contributed by atoms with Crippen LogP contribution in [0.2, 0.25) is 0 Å². The molecular weight excluding hydrogens is 128 g/mol. The van der Waals surface area contributed by atoms with E-state index in [0.29, 0.717) is 6.61 Å². The minimum atomic E-state index is 0.594. The summed E-state index contributed by atoms with van der Waals surface area (Å²) in [6.07, 6.45) is 4.70. The molecule has 0 bridgehead atoms. The molecule has 0 aliphatic rings. The molecule has 0 amide bonds. The SMILES string of the molecule is CNCCOC/C=C\C=N. The Hall–Kier alpha value is -0.670. The van der Waals surface area contributed by atoms with Crippen molar-refractivity contribution in [2.24, 2.45) is 0 Å². The monoisotopic (exact) mass is 142 g/mol. The van der Waals surface area contributed by atoms with E-state index in [1.165, 1.54) is 6.21 Å². The highest BCUT2D eigenvalue weighted by atomic mass is 16.5. The molecule has 10 heavy (non-hydrogen) atoms. The molecule has 2 N–H and O–H groups in total. The van der Waals surface area contributed by atoms with Gasteiger partial charge in [-0.1, -0.05) is 6.08 Å². The van der Waals surface area contributed by atoms with Gasteiger partial charge in [0, 0.05) is 12.8 Å². The summed E-state index contributed by atoms with van der Waals surface area (Å²) in [6.45, 7) is 2.19. The summed E-state index contributed by atoms with van der Waals surface area (Å²) in [5.74, 6) is 0. The first kappa shape index (κ1) is 9.33. The molecule has 0 aromatic rings. The minimum Gasteiger partial charge on any atom is -0.376 e. The van der Waals surface area contributed by atoms with Crippen molar-refractivity contribution in [3.8, 4) is 0 Å². The zero-order valence-electron chi connectivity index (χ0n) is 6.26. The van der Waals surface area contributed by atoms with Crippen molar-refractivity contribution >= 4 is 6.21 Å². The number of likely N-dealkylation sites (N-methyl/N-ethyl adjacent to an activating group) is 1. The Morgan fingerprint density at radius 1 is 1.60 bits per heavy atom. The first-order valence-corrected chi connectivity index (χ1v) is 3.29. The maximum atomic E-state index is 6.64. The van der Waals surface area contributed by atoms with Crippen LogP contribution in [0.4, 0.5) is 0 Å². The summed E-state index contributed by atoms with van der Waals surface area (Å²) in [4.78, 5) is 0. The molecule has 0 aromatic carbocycles. The molecule has 0 radical (unpaired) electrons. The van der Waals surface area contributed by atoms with E-state index in [-0.39, 0.29) is 0 Å². The Morgan fingerprint density at radius 2 is 2.40 bits per heavy atom. The lowest BCUT2D eigenvalue weighted by molar-refractivity contribution is 0.165. The van der Waals surface area contributed by atoms with Gasteiger partial charge in [0.15, 0.2) is 0 Å². The van der Waals surface area contributed by atoms with Crippen molar-refractivity contribution in [3.05, 3.63) is 12.2 Å². The number of nitrogens with one attached hydrogen (secondary N) is 2. The van der Waals surface area contributed by atoms with E-state index in [1.807, 2.05) is 13.1 Å². The van der Waals surface area contributed by atoms with Gasteiger partial charge in [-0.25, -0.2) is 0 Å². The van der Waals surface area contributed by atoms with Gasteiger partial charge in [-0.2, -0.15) is 0 Å². The standard InChI is InChI=1S/C7H14N2O/c1-9-5-7-10-6-3-2-4-8/h2-4,8-9H,5-7H2,1H3/b3-2-,8-4?. The van der Waals surface area contributed by atoms with Crippen LogP contribution >= 0.6 is 0 Å². The van der Waals surface area contributed by atoms with E-state index in [4.69, 9.17) is 10.1 Å². The van der Waals surface area contributed by atoms with Crippen molar-refractivity contribution in [3.63, 3.8) is 0 Å². The number of rotatable bonds is 6. The Kier molecular flexibility index (Phi) is 7.77. The third kappa shape index (κ3) is 7.33. The molecule has 0 saturated heterocycles. The molecule has 0 fully saturated rings. The van der Waals surface area contributed by atoms with E-state index < -0.39 is 0 Å². The van der Waals surface area contributed by atoms with Crippen LogP contribution in [0.1, 0.15) is 0 Å². The Bertz CT molecular complexity index is 102. The van der Waals surface area contributed by atoms with Gasteiger partial charge in [-0.15, -0.1) is 0 Å². The predicted octanol–water partition coefficient (Wildman–Crippen LogP) is 0.428. The normalized spacial score (nSPS) is 10.5. The van der Waals surface area contributed by atoms with Crippen LogP contribution in [0, 0.1) is 5.41 Å². The van der Waals surface area contributed by atoms with Crippen LogP contribution in [-0.2, 0) is 4.74 Å². The molecule has 0 heterocycles. The smallest absolute Gasteiger partial charge is 0.0651 e. The highest BCUT2D eigenvalue weighted by molar-refractivity contribution is 5.67. The predicted molar refractivity (Wildman–Crippen MR) is 42.7 cm³/mol. The van der Waals surface area contributed by atoms with E-state index >= 15 is 0 Å². The molecule has 0 rings (SSSR count). The third-order valence-electron chi connectivity index (χ3n) is 0.943. The summed E-state index contributed by atoms with van der Waals surface area (Å²) in [7, 11) is 1.89. The van der Waals surface area contributed by atoms with Gasteiger partial charge in [-0.3, -0.25) is 0 Å². The average Bonchev–Trinajstić information content (AvgIpc) is 1.97. The zero-order chi connectivity index (χ0) is 7.66. The minimum absolute atomic E-state index is 0.594. The third-order valence-corrected chi connectivity index (χ3v) is 0.943. The first-order chi connectivity index (χ1) is 4.91. The number of ether oxygens (including phenoxy) is 1. The highest BCUT2D eigenvalue weighted by Gasteiger charge is 1.79. The maximum absolute atomic E-state index is 6.64. The van der Waals surface area contributed by atoms with Crippen LogP contribution in [0.25, 0.3) is 0 Å². The van der Waals surface area contributed by atoms with E-state index in [0.717, 1.165) is 13.2 Å². The van der Waals surface area contributed by atoms with Crippen molar-refractivity contribution in [1.29, 1.82) is 5.41 Å². The Balaban J connectivity index is 2.90. The lowest BCUT2D eigenvalue weighted by atomic mass is 10.5. The molecule has 58 valence electrons. The lowest BCUT2D eigenvalue weighted by Gasteiger charge is -1.97. The van der Waals surface area contributed by atoms with Crippen LogP contribution < -0.4 is 5.32 Å². The number of hydrogen-bond acceptors (Lipinski definition) is 3. The zero-order valence-corrected chi connectivity index (χ0v) is 6.26. The summed E-state index contributed by atoms with van der Waals surface area (Å²) < 4.78 is 5.12. The number of hydrogen-bond donors (Lipinski definition) is 2. The second-order valence-electron chi connectivity index (χ2n) is 1.77. The first-order valence-electron chi connectivity index (χ1n) is 3.29. The summed E-state index contributed by atoms with van der Waals surface area (Å²) in [5.41, 5.74) is 0. The fourth-order valence-electron chi connectivity index (χ4n) is 0.449. The topological polar surface area (TPSA) is 45.1 Å². The van der Waals surface area contributed by atoms with Crippen LogP contribution in [0.15, 0.2) is 12.2 Å². The lowest BCUT2D eigenvalue weighted by Crippen LogP contribution is -2.14. The molecule has 0 aromatic heterocycles. The number of allylic oxidation sites excluding steroid dienone is 1. The van der Waals surface area contributed by atoms with E-state index in [9.17, 15) is 0 Å². The average molecular weight is 142 g/mol. The van der Waals surface area contributed by atoms with Crippen LogP contribution in [0.5, 0.6) is 0 Å². The molecular formula is C7H14N2O. The highest BCUT2D eigenvalue weighted by Crippen LogP contribution is 1.74. The van der Waals surface area contributed by atoms with Gasteiger partial charge >= 0.3 is 0 Å². The second kappa shape index (κ2) is 8.33. The molecule has 0 aliphatic heterocycles. The van der Waals surface area contributed by atoms with Gasteiger partial charge in [0.05, 0.1) is 13.2 Å². The fraction of sp³-hybridized carbons (Fsp3) is 0.571. The maximum Gasteiger partial charge on any atom is 0.0651 e. The largest absolute Gasteiger partial charge is 0.376 e. The second-order valence-corrected chi connectivity index (χ2v) is 1.77. The van der Waals surface area contributed by atoms with Gasteiger partial charge < -0.3 is 15.5 Å². The van der Waals surface area contributed by atoms with Gasteiger partial charge in [0.1, 0.15) is 0 Å². The summed E-state index contributed by atoms with van der Waals surface area (Å²) in [6, 6.07) is 0. The van der Waals surface area contributed by atoms with Crippen molar-refractivity contribution < 1.29 is 4.74 Å². The molecule has 0 spiro atoms. The molecule has 0 unspecified atom stereocenters. The molecule has 0 aliphatic carbocycles. The summed E-state index contributed by atoms with van der Waals surface area (Å²) in [5, 5.41) is 9.60. The Morgan fingerprint density at radius 3 is 3.00 bits per heavy atom. The van der Waals surface area contributed by atoms with Crippen molar-refractivity contribution in [1.82, 2.24) is 5.32 Å². The van der Waals surface area contributed by atoms with E-state index in [2.05, 4.69) is 5.32 Å². The van der Waals surface area contributed by atoms with Gasteiger partial charge in [-0.05, 0) is 13.1 Å². The van der Waals surface area contributed by atoms with Crippen LogP contribution in [0.3, 0.4) is 0 Å².